The van der Waals surface area contributed by atoms with Crippen LogP contribution in [0.2, 0.25) is 5.02 Å². The van der Waals surface area contributed by atoms with E-state index >= 15 is 0 Å². The Balaban J connectivity index is 1.84. The number of carboxylic acids is 1. The summed E-state index contributed by atoms with van der Waals surface area (Å²) < 4.78 is 11.6. The molecule has 3 rings (SSSR count). The predicted octanol–water partition coefficient (Wildman–Crippen LogP) is 3.18. The highest BCUT2D eigenvalue weighted by Gasteiger charge is 2.32. The van der Waals surface area contributed by atoms with Crippen molar-refractivity contribution in [2.45, 2.75) is 12.8 Å². The van der Waals surface area contributed by atoms with Crippen molar-refractivity contribution in [3.05, 3.63) is 27.6 Å². The molecule has 0 aliphatic carbocycles. The Morgan fingerprint density at radius 2 is 2.16 bits per heavy atom. The number of thioether (sulfide) groups is 1. The molecule has 1 aromatic rings. The Morgan fingerprint density at radius 1 is 1.40 bits per heavy atom. The number of carbonyl (C=O) groups is 2. The monoisotopic (exact) mass is 399 g/mol. The number of hydrogen-bond donors (Lipinski definition) is 1. The summed E-state index contributed by atoms with van der Waals surface area (Å²) in [6.07, 6.45) is 2.28. The predicted molar refractivity (Wildman–Crippen MR) is 99.2 cm³/mol. The number of ether oxygens (including phenoxy) is 2. The van der Waals surface area contributed by atoms with Gasteiger partial charge in [0.2, 0.25) is 0 Å². The Kier molecular flexibility index (Phi) is 5.51. The maximum absolute atomic E-state index is 12.4. The molecule has 1 saturated heterocycles. The van der Waals surface area contributed by atoms with E-state index in [1.54, 1.807) is 18.2 Å². The molecular formula is C16H14ClNO5S2. The molecule has 0 spiro atoms. The van der Waals surface area contributed by atoms with E-state index < -0.39 is 5.97 Å². The Bertz CT molecular complexity index is 780. The van der Waals surface area contributed by atoms with Crippen LogP contribution in [0.4, 0.5) is 0 Å². The van der Waals surface area contributed by atoms with Crippen LogP contribution in [0.5, 0.6) is 11.5 Å². The van der Waals surface area contributed by atoms with E-state index in [4.69, 9.17) is 38.4 Å². The normalized spacial score (nSPS) is 18.6. The second-order valence-electron chi connectivity index (χ2n) is 5.36. The molecular weight excluding hydrogens is 386 g/mol. The first-order chi connectivity index (χ1) is 12.0. The van der Waals surface area contributed by atoms with E-state index in [9.17, 15) is 9.59 Å². The Labute approximate surface area is 158 Å². The molecule has 0 atom stereocenters. The topological polar surface area (TPSA) is 76.1 Å². The van der Waals surface area contributed by atoms with Gasteiger partial charge in [0.1, 0.15) is 4.32 Å². The average molecular weight is 400 g/mol. The summed E-state index contributed by atoms with van der Waals surface area (Å²) in [4.78, 5) is 24.8. The maximum atomic E-state index is 12.4. The zero-order valence-corrected chi connectivity index (χ0v) is 15.4. The summed E-state index contributed by atoms with van der Waals surface area (Å²) in [5, 5.41) is 9.18. The second kappa shape index (κ2) is 7.63. The van der Waals surface area contributed by atoms with Crippen molar-refractivity contribution in [2.24, 2.45) is 0 Å². The van der Waals surface area contributed by atoms with Crippen LogP contribution in [-0.4, -0.2) is 46.0 Å². The number of hydrogen-bond acceptors (Lipinski definition) is 6. The number of amides is 1. The first kappa shape index (κ1) is 18.0. The van der Waals surface area contributed by atoms with Gasteiger partial charge in [0, 0.05) is 13.0 Å². The summed E-state index contributed by atoms with van der Waals surface area (Å²) >= 11 is 12.6. The van der Waals surface area contributed by atoms with Crippen molar-refractivity contribution < 1.29 is 24.2 Å². The second-order valence-corrected chi connectivity index (χ2v) is 7.44. The van der Waals surface area contributed by atoms with Gasteiger partial charge in [-0.15, -0.1) is 0 Å². The van der Waals surface area contributed by atoms with Crippen molar-refractivity contribution in [1.82, 2.24) is 4.90 Å². The molecule has 25 heavy (non-hydrogen) atoms. The quantitative estimate of drug-likeness (QED) is 0.615. The zero-order chi connectivity index (χ0) is 18.0. The summed E-state index contributed by atoms with van der Waals surface area (Å²) in [7, 11) is 0. The van der Waals surface area contributed by atoms with Crippen LogP contribution in [0, 0.1) is 0 Å². The number of nitrogens with zero attached hydrogens (tertiary/aromatic N) is 1. The molecule has 1 fully saturated rings. The third kappa shape index (κ3) is 4.08. The molecule has 0 radical (unpaired) electrons. The van der Waals surface area contributed by atoms with Crippen molar-refractivity contribution in [2.75, 3.05) is 19.8 Å². The molecule has 0 aromatic heterocycles. The summed E-state index contributed by atoms with van der Waals surface area (Å²) in [6, 6.07) is 3.45. The van der Waals surface area contributed by atoms with E-state index in [1.165, 1.54) is 4.90 Å². The van der Waals surface area contributed by atoms with E-state index in [0.717, 1.165) is 18.2 Å². The van der Waals surface area contributed by atoms with Gasteiger partial charge in [-0.05, 0) is 23.8 Å². The molecule has 2 heterocycles. The first-order valence-electron chi connectivity index (χ1n) is 7.52. The van der Waals surface area contributed by atoms with Gasteiger partial charge in [-0.2, -0.15) is 0 Å². The lowest BCUT2D eigenvalue weighted by Crippen LogP contribution is -2.30. The lowest BCUT2D eigenvalue weighted by Gasteiger charge is -2.12. The molecule has 1 aromatic carbocycles. The molecule has 9 heteroatoms. The molecule has 1 amide bonds. The number of thiocarbonyl (C=S) groups is 1. The fourth-order valence-corrected chi connectivity index (χ4v) is 3.97. The summed E-state index contributed by atoms with van der Waals surface area (Å²) in [5.41, 5.74) is 0.688. The number of fused-ring (bicyclic) bond motifs is 1. The summed E-state index contributed by atoms with van der Waals surface area (Å²) in [6.45, 7) is 1.12. The lowest BCUT2D eigenvalue weighted by molar-refractivity contribution is -0.137. The van der Waals surface area contributed by atoms with Crippen LogP contribution in [0.3, 0.4) is 0 Å². The highest BCUT2D eigenvalue weighted by molar-refractivity contribution is 8.26. The van der Waals surface area contributed by atoms with Gasteiger partial charge in [-0.1, -0.05) is 35.6 Å². The standard InChI is InChI=1S/C16H14ClNO5S2/c17-10-6-9(7-11-14(10)23-5-1-4-22-11)8-12-15(21)18(16(24)25-12)3-2-13(19)20/h6-8H,1-5H2,(H,19,20)/b12-8-. The van der Waals surface area contributed by atoms with Gasteiger partial charge >= 0.3 is 5.97 Å². The third-order valence-electron chi connectivity index (χ3n) is 3.55. The SMILES string of the molecule is O=C(O)CCN1C(=O)/C(=C/c2cc(Cl)c3c(c2)OCCCO3)SC1=S. The molecule has 1 N–H and O–H groups in total. The number of rotatable bonds is 4. The van der Waals surface area contributed by atoms with Crippen LogP contribution in [0.25, 0.3) is 6.08 Å². The van der Waals surface area contributed by atoms with Crippen LogP contribution in [0.1, 0.15) is 18.4 Å². The molecule has 132 valence electrons. The fraction of sp³-hybridized carbons (Fsp3) is 0.312. The van der Waals surface area contributed by atoms with Gasteiger partial charge < -0.3 is 14.6 Å². The Morgan fingerprint density at radius 3 is 2.92 bits per heavy atom. The zero-order valence-electron chi connectivity index (χ0n) is 13.0. The number of benzene rings is 1. The van der Waals surface area contributed by atoms with Gasteiger partial charge in [0.25, 0.3) is 5.91 Å². The minimum absolute atomic E-state index is 0.0548. The smallest absolute Gasteiger partial charge is 0.305 e. The molecule has 6 nitrogen and oxygen atoms in total. The van der Waals surface area contributed by atoms with Gasteiger partial charge in [0.15, 0.2) is 11.5 Å². The van der Waals surface area contributed by atoms with Crippen LogP contribution >= 0.6 is 35.6 Å². The number of halogens is 1. The minimum Gasteiger partial charge on any atom is -0.489 e. The van der Waals surface area contributed by atoms with E-state index in [2.05, 4.69) is 0 Å². The summed E-state index contributed by atoms with van der Waals surface area (Å²) in [5.74, 6) is -0.241. The third-order valence-corrected chi connectivity index (χ3v) is 5.20. The first-order valence-corrected chi connectivity index (χ1v) is 9.12. The molecule has 2 aliphatic heterocycles. The Hall–Kier alpha value is -1.77. The largest absolute Gasteiger partial charge is 0.489 e. The van der Waals surface area contributed by atoms with Crippen LogP contribution in [-0.2, 0) is 9.59 Å². The molecule has 0 saturated carbocycles. The fourth-order valence-electron chi connectivity index (χ4n) is 2.39. The molecule has 0 unspecified atom stereocenters. The molecule has 0 bridgehead atoms. The van der Waals surface area contributed by atoms with E-state index in [0.29, 0.717) is 44.5 Å². The van der Waals surface area contributed by atoms with Crippen LogP contribution < -0.4 is 9.47 Å². The minimum atomic E-state index is -0.979. The van der Waals surface area contributed by atoms with Gasteiger partial charge in [-0.3, -0.25) is 14.5 Å². The van der Waals surface area contributed by atoms with Crippen molar-refractivity contribution in [3.8, 4) is 11.5 Å². The van der Waals surface area contributed by atoms with Gasteiger partial charge in [-0.25, -0.2) is 0 Å². The van der Waals surface area contributed by atoms with E-state index in [1.807, 2.05) is 0 Å². The lowest BCUT2D eigenvalue weighted by atomic mass is 10.1. The molecule has 2 aliphatic rings. The van der Waals surface area contributed by atoms with Gasteiger partial charge in [0.05, 0.1) is 29.6 Å². The number of aliphatic carboxylic acids is 1. The highest BCUT2D eigenvalue weighted by Crippen LogP contribution is 2.40. The maximum Gasteiger partial charge on any atom is 0.305 e. The van der Waals surface area contributed by atoms with Crippen molar-refractivity contribution >= 4 is 57.9 Å². The number of carboxylic acid groups (broad SMARTS) is 1. The van der Waals surface area contributed by atoms with Crippen molar-refractivity contribution in [3.63, 3.8) is 0 Å². The number of carbonyl (C=O) groups excluding carboxylic acids is 1. The average Bonchev–Trinajstić information content (AvgIpc) is 2.73. The van der Waals surface area contributed by atoms with Crippen molar-refractivity contribution in [1.29, 1.82) is 0 Å². The van der Waals surface area contributed by atoms with Crippen LogP contribution in [0.15, 0.2) is 17.0 Å². The van der Waals surface area contributed by atoms with E-state index in [-0.39, 0.29) is 18.9 Å². The highest BCUT2D eigenvalue weighted by atomic mass is 35.5.